The molecule has 0 saturated heterocycles. The molecule has 30 heavy (non-hydrogen) atoms. The molecule has 0 aliphatic carbocycles. The summed E-state index contributed by atoms with van der Waals surface area (Å²) in [5.74, 6) is -1.07. The minimum absolute atomic E-state index is 0.00360. The molecule has 0 aromatic heterocycles. The van der Waals surface area contributed by atoms with Crippen LogP contribution in [-0.4, -0.2) is 28.8 Å². The van der Waals surface area contributed by atoms with E-state index < -0.39 is 11.9 Å². The van der Waals surface area contributed by atoms with Crippen molar-refractivity contribution in [1.29, 1.82) is 0 Å². The first kappa shape index (κ1) is 23.9. The molecule has 0 bridgehead atoms. The zero-order chi connectivity index (χ0) is 22.3. The van der Waals surface area contributed by atoms with Gasteiger partial charge in [-0.2, -0.15) is 0 Å². The lowest BCUT2D eigenvalue weighted by atomic mass is 10.1. The van der Waals surface area contributed by atoms with E-state index in [1.165, 1.54) is 17.0 Å². The Labute approximate surface area is 183 Å². The highest BCUT2D eigenvalue weighted by atomic mass is 35.5. The molecule has 2 atom stereocenters. The fourth-order valence-corrected chi connectivity index (χ4v) is 3.43. The van der Waals surface area contributed by atoms with Gasteiger partial charge in [-0.15, -0.1) is 0 Å². The van der Waals surface area contributed by atoms with Gasteiger partial charge in [0.15, 0.2) is 0 Å². The summed E-state index contributed by atoms with van der Waals surface area (Å²) in [5, 5.41) is 3.17. The van der Waals surface area contributed by atoms with Gasteiger partial charge in [-0.3, -0.25) is 9.59 Å². The lowest BCUT2D eigenvalue weighted by molar-refractivity contribution is -0.141. The van der Waals surface area contributed by atoms with E-state index in [2.05, 4.69) is 5.32 Å². The van der Waals surface area contributed by atoms with Gasteiger partial charge in [-0.25, -0.2) is 4.39 Å². The van der Waals surface area contributed by atoms with Gasteiger partial charge in [0.1, 0.15) is 11.9 Å². The topological polar surface area (TPSA) is 49.4 Å². The molecule has 6 heteroatoms. The van der Waals surface area contributed by atoms with E-state index in [0.29, 0.717) is 6.42 Å². The number of hydrogen-bond acceptors (Lipinski definition) is 2. The van der Waals surface area contributed by atoms with E-state index >= 15 is 0 Å². The van der Waals surface area contributed by atoms with Crippen molar-refractivity contribution in [3.8, 4) is 0 Å². The van der Waals surface area contributed by atoms with Crippen LogP contribution in [0.25, 0.3) is 0 Å². The Morgan fingerprint density at radius 2 is 1.77 bits per heavy atom. The van der Waals surface area contributed by atoms with Gasteiger partial charge < -0.3 is 10.2 Å². The number of amides is 2. The van der Waals surface area contributed by atoms with Gasteiger partial charge in [-0.05, 0) is 44.4 Å². The van der Waals surface area contributed by atoms with E-state index in [-0.39, 0.29) is 41.4 Å². The normalized spacial score (nSPS) is 12.9. The van der Waals surface area contributed by atoms with Gasteiger partial charge in [0.05, 0.1) is 6.42 Å². The molecule has 0 unspecified atom stereocenters. The fourth-order valence-electron chi connectivity index (χ4n) is 3.20. The number of hydrogen-bond donors (Lipinski definition) is 1. The monoisotopic (exact) mass is 432 g/mol. The summed E-state index contributed by atoms with van der Waals surface area (Å²) in [6, 6.07) is 11.5. The molecule has 2 rings (SSSR count). The van der Waals surface area contributed by atoms with E-state index in [1.54, 1.807) is 6.07 Å². The van der Waals surface area contributed by atoms with Gasteiger partial charge in [-0.1, -0.05) is 61.3 Å². The third-order valence-corrected chi connectivity index (χ3v) is 5.60. The zero-order valence-corrected chi connectivity index (χ0v) is 18.8. The maximum absolute atomic E-state index is 14.3. The Hall–Kier alpha value is -2.40. The fraction of sp³-hybridized carbons (Fsp3) is 0.417. The Bertz CT molecular complexity index is 850. The van der Waals surface area contributed by atoms with Gasteiger partial charge in [0, 0.05) is 23.2 Å². The van der Waals surface area contributed by atoms with Gasteiger partial charge >= 0.3 is 0 Å². The number of carbonyl (C=O) groups excluding carboxylic acids is 2. The summed E-state index contributed by atoms with van der Waals surface area (Å²) in [6.07, 6.45) is 1.04. The summed E-state index contributed by atoms with van der Waals surface area (Å²) < 4.78 is 14.3. The molecule has 0 aliphatic heterocycles. The highest BCUT2D eigenvalue weighted by molar-refractivity contribution is 6.31. The molecule has 0 aliphatic rings. The van der Waals surface area contributed by atoms with Crippen molar-refractivity contribution in [2.45, 2.75) is 65.6 Å². The SMILES string of the molecule is CC[C@H](C)NC(=O)[C@H](CC)N(Cc1ccc(C)cc1)C(=O)Cc1c(F)cccc1Cl. The second-order valence-electron chi connectivity index (χ2n) is 7.63. The average Bonchev–Trinajstić information content (AvgIpc) is 2.71. The molecule has 0 spiro atoms. The van der Waals surface area contributed by atoms with Crippen molar-refractivity contribution < 1.29 is 14.0 Å². The summed E-state index contributed by atoms with van der Waals surface area (Å²) in [6.45, 7) is 8.03. The molecule has 162 valence electrons. The quantitative estimate of drug-likeness (QED) is 0.602. The molecule has 0 heterocycles. The van der Waals surface area contributed by atoms with E-state index in [0.717, 1.165) is 17.5 Å². The second-order valence-corrected chi connectivity index (χ2v) is 8.03. The average molecular weight is 433 g/mol. The summed E-state index contributed by atoms with van der Waals surface area (Å²) in [7, 11) is 0. The van der Waals surface area contributed by atoms with Crippen molar-refractivity contribution in [2.24, 2.45) is 0 Å². The van der Waals surface area contributed by atoms with Crippen LogP contribution in [0.15, 0.2) is 42.5 Å². The Kier molecular flexibility index (Phi) is 8.85. The summed E-state index contributed by atoms with van der Waals surface area (Å²) in [5.41, 5.74) is 2.16. The Morgan fingerprint density at radius 1 is 1.10 bits per heavy atom. The number of carbonyl (C=O) groups is 2. The van der Waals surface area contributed by atoms with Crippen LogP contribution in [0.1, 0.15) is 50.3 Å². The standard InChI is InChI=1S/C24H30ClFN2O2/c1-5-17(4)27-24(30)22(6-2)28(15-18-12-10-16(3)11-13-18)23(29)14-19-20(25)8-7-9-21(19)26/h7-13,17,22H,5-6,14-15H2,1-4H3,(H,27,30)/t17-,22-/m0/s1. The van der Waals surface area contributed by atoms with Crippen molar-refractivity contribution in [1.82, 2.24) is 10.2 Å². The smallest absolute Gasteiger partial charge is 0.243 e. The molecular weight excluding hydrogens is 403 g/mol. The lowest BCUT2D eigenvalue weighted by Crippen LogP contribution is -2.51. The number of aryl methyl sites for hydroxylation is 1. The lowest BCUT2D eigenvalue weighted by Gasteiger charge is -2.31. The molecule has 0 fully saturated rings. The van der Waals surface area contributed by atoms with Crippen LogP contribution >= 0.6 is 11.6 Å². The van der Waals surface area contributed by atoms with Crippen LogP contribution in [0.4, 0.5) is 4.39 Å². The highest BCUT2D eigenvalue weighted by Crippen LogP contribution is 2.22. The Morgan fingerprint density at radius 3 is 2.33 bits per heavy atom. The van der Waals surface area contributed by atoms with Crippen LogP contribution in [0.3, 0.4) is 0 Å². The maximum atomic E-state index is 14.3. The maximum Gasteiger partial charge on any atom is 0.243 e. The first-order valence-corrected chi connectivity index (χ1v) is 10.7. The first-order valence-electron chi connectivity index (χ1n) is 10.3. The second kappa shape index (κ2) is 11.1. The van der Waals surface area contributed by atoms with Crippen molar-refractivity contribution in [3.05, 3.63) is 70.0 Å². The number of benzene rings is 2. The van der Waals surface area contributed by atoms with E-state index in [9.17, 15) is 14.0 Å². The molecule has 2 aromatic carbocycles. The van der Waals surface area contributed by atoms with Gasteiger partial charge in [0.25, 0.3) is 0 Å². The number of rotatable bonds is 9. The largest absolute Gasteiger partial charge is 0.352 e. The molecule has 2 amide bonds. The van der Waals surface area contributed by atoms with Crippen LogP contribution in [0.5, 0.6) is 0 Å². The van der Waals surface area contributed by atoms with Crippen molar-refractivity contribution >= 4 is 23.4 Å². The minimum Gasteiger partial charge on any atom is -0.352 e. The molecule has 2 aromatic rings. The van der Waals surface area contributed by atoms with Crippen LogP contribution in [-0.2, 0) is 22.6 Å². The highest BCUT2D eigenvalue weighted by Gasteiger charge is 2.30. The molecule has 1 N–H and O–H groups in total. The predicted octanol–water partition coefficient (Wildman–Crippen LogP) is 5.05. The number of nitrogens with zero attached hydrogens (tertiary/aromatic N) is 1. The van der Waals surface area contributed by atoms with Crippen molar-refractivity contribution in [2.75, 3.05) is 0 Å². The van der Waals surface area contributed by atoms with E-state index in [1.807, 2.05) is 52.0 Å². The molecule has 4 nitrogen and oxygen atoms in total. The number of nitrogens with one attached hydrogen (secondary N) is 1. The predicted molar refractivity (Wildman–Crippen MR) is 119 cm³/mol. The van der Waals surface area contributed by atoms with Crippen molar-refractivity contribution in [3.63, 3.8) is 0 Å². The van der Waals surface area contributed by atoms with Gasteiger partial charge in [0.2, 0.25) is 11.8 Å². The third kappa shape index (κ3) is 6.30. The number of halogens is 2. The van der Waals surface area contributed by atoms with Crippen LogP contribution < -0.4 is 5.32 Å². The first-order chi connectivity index (χ1) is 14.3. The molecule has 0 radical (unpaired) electrons. The van der Waals surface area contributed by atoms with Crippen LogP contribution in [0.2, 0.25) is 5.02 Å². The molecular formula is C24H30ClFN2O2. The summed E-state index contributed by atoms with van der Waals surface area (Å²) >= 11 is 6.13. The minimum atomic E-state index is -0.654. The van der Waals surface area contributed by atoms with E-state index in [4.69, 9.17) is 11.6 Å². The van der Waals surface area contributed by atoms with Crippen LogP contribution in [0, 0.1) is 12.7 Å². The third-order valence-electron chi connectivity index (χ3n) is 5.25. The zero-order valence-electron chi connectivity index (χ0n) is 18.0. The Balaban J connectivity index is 2.34. The molecule has 0 saturated carbocycles. The summed E-state index contributed by atoms with van der Waals surface area (Å²) in [4.78, 5) is 27.7.